The van der Waals surface area contributed by atoms with Gasteiger partial charge in [-0.15, -0.1) is 0 Å². The summed E-state index contributed by atoms with van der Waals surface area (Å²) in [6.07, 6.45) is 0. The van der Waals surface area contributed by atoms with Gasteiger partial charge in [0.15, 0.2) is 0 Å². The van der Waals surface area contributed by atoms with Crippen LogP contribution in [0.4, 0.5) is 0 Å². The van der Waals surface area contributed by atoms with Gasteiger partial charge in [-0.05, 0) is 0 Å². The first-order valence-corrected chi connectivity index (χ1v) is 19.4. The van der Waals surface area contributed by atoms with E-state index in [1.54, 1.807) is 41.7 Å². The summed E-state index contributed by atoms with van der Waals surface area (Å²) in [5.41, 5.74) is 3.51. The second-order valence-electron chi connectivity index (χ2n) is 2.97. The zero-order valence-corrected chi connectivity index (χ0v) is 15.0. The van der Waals surface area contributed by atoms with Gasteiger partial charge in [0.2, 0.25) is 0 Å². The van der Waals surface area contributed by atoms with Crippen LogP contribution in [0.5, 0.6) is 0 Å². The molecule has 0 radical (unpaired) electrons. The summed E-state index contributed by atoms with van der Waals surface area (Å²) in [6, 6.07) is 0. The van der Waals surface area contributed by atoms with E-state index < -0.39 is 15.8 Å². The number of hydrogen-bond donors (Lipinski definition) is 0. The van der Waals surface area contributed by atoms with Crippen LogP contribution in [0.2, 0.25) is 0 Å². The molecule has 1 fully saturated rings. The average Bonchev–Trinajstić information content (AvgIpc) is 2.94. The summed E-state index contributed by atoms with van der Waals surface area (Å²) in [4.78, 5) is 0. The second-order valence-corrected chi connectivity index (χ2v) is 27.9. The van der Waals surface area contributed by atoms with Gasteiger partial charge in [-0.3, -0.25) is 0 Å². The predicted molar refractivity (Wildman–Crippen MR) is 71.3 cm³/mol. The minimum absolute atomic E-state index is 0.434. The molecule has 1 saturated heterocycles. The molecule has 13 heavy (non-hydrogen) atoms. The number of rotatable bonds is 0. The fourth-order valence-electron chi connectivity index (χ4n) is 1.31. The van der Waals surface area contributed by atoms with Crippen LogP contribution >= 0.6 is 46.7 Å². The zero-order chi connectivity index (χ0) is 9.00. The van der Waals surface area contributed by atoms with E-state index in [0.717, 1.165) is 0 Å². The Hall–Kier alpha value is 2.14. The number of hydrogen-bond acceptors (Lipinski definition) is 0. The van der Waals surface area contributed by atoms with E-state index >= 15 is 0 Å². The molecule has 3 heterocycles. The zero-order valence-electron chi connectivity index (χ0n) is 7.12. The van der Waals surface area contributed by atoms with Crippen molar-refractivity contribution in [2.75, 3.05) is 0 Å². The summed E-state index contributed by atoms with van der Waals surface area (Å²) < 4.78 is 3.22. The van der Waals surface area contributed by atoms with E-state index in [-0.39, 0.29) is 0 Å². The van der Waals surface area contributed by atoms with Gasteiger partial charge in [0.25, 0.3) is 0 Å². The molecule has 0 aliphatic carbocycles. The third-order valence-electron chi connectivity index (χ3n) is 2.26. The molecule has 0 amide bonds. The Morgan fingerprint density at radius 1 is 1.23 bits per heavy atom. The first kappa shape index (κ1) is 10.3. The second kappa shape index (κ2) is 3.86. The predicted octanol–water partition coefficient (Wildman–Crippen LogP) is 2.83. The van der Waals surface area contributed by atoms with Crippen molar-refractivity contribution in [1.82, 2.24) is 0 Å². The minimum atomic E-state index is -0.434. The molecule has 0 N–H and O–H groups in total. The van der Waals surface area contributed by atoms with Crippen LogP contribution in [-0.2, 0) is 0 Å². The van der Waals surface area contributed by atoms with E-state index in [4.69, 9.17) is 0 Å². The fraction of sp³-hybridized carbons (Fsp3) is 0.429. The van der Waals surface area contributed by atoms with Crippen molar-refractivity contribution in [3.63, 3.8) is 0 Å². The van der Waals surface area contributed by atoms with Crippen LogP contribution in [-0.4, -0.2) is 1.93 Å². The Labute approximate surface area is 98.1 Å². The molecule has 1 aromatic heterocycles. The molecule has 3 rings (SSSR count). The standard InChI is InChI=1S/C7H7I2P4/c1-3-4(2)6-8-9(6)7-5(3)10-12-13-11-7/h6H,1-2H3/q-1. The summed E-state index contributed by atoms with van der Waals surface area (Å²) in [5, 5.41) is 1.80. The normalized spacial score (nSPS) is 30.0. The SMILES string of the molecule is CC1=C(C)C2[I-]I2c2ppppc21. The van der Waals surface area contributed by atoms with Gasteiger partial charge in [0.1, 0.15) is 0 Å². The maximum atomic E-state index is 2.41. The Balaban J connectivity index is 2.28. The Morgan fingerprint density at radius 2 is 2.00 bits per heavy atom. The third kappa shape index (κ3) is 1.69. The van der Waals surface area contributed by atoms with Gasteiger partial charge in [-0.1, -0.05) is 0 Å². The van der Waals surface area contributed by atoms with Crippen molar-refractivity contribution in [2.45, 2.75) is 15.8 Å². The Kier molecular flexibility index (Phi) is 3.06. The average molecular weight is 469 g/mol. The van der Waals surface area contributed by atoms with Gasteiger partial charge >= 0.3 is 99.4 Å². The maximum absolute atomic E-state index is 2.41. The molecule has 2 aliphatic rings. The van der Waals surface area contributed by atoms with E-state index in [1.807, 2.05) is 8.88 Å². The molecule has 1 unspecified atom stereocenters. The molecule has 0 saturated carbocycles. The van der Waals surface area contributed by atoms with Gasteiger partial charge in [-0.2, -0.15) is 0 Å². The van der Waals surface area contributed by atoms with E-state index in [0.29, 0.717) is 17.2 Å². The van der Waals surface area contributed by atoms with Crippen LogP contribution < -0.4 is 17.2 Å². The molecule has 2 aliphatic heterocycles. The van der Waals surface area contributed by atoms with Crippen LogP contribution in [0.25, 0.3) is 5.57 Å². The monoisotopic (exact) mass is 469 g/mol. The molecule has 1 atom stereocenters. The molecule has 0 spiro atoms. The number of fused-ring (bicyclic) bond motifs is 3. The van der Waals surface area contributed by atoms with Gasteiger partial charge in [0.05, 0.1) is 0 Å². The van der Waals surface area contributed by atoms with Crippen LogP contribution in [0.1, 0.15) is 19.1 Å². The summed E-state index contributed by atoms with van der Waals surface area (Å²) in [5.74, 6) is 0. The molecule has 6 heteroatoms. The fourth-order valence-corrected chi connectivity index (χ4v) is 44.6. The van der Waals surface area contributed by atoms with Crippen molar-refractivity contribution >= 4 is 52.3 Å². The number of halogens is 2. The van der Waals surface area contributed by atoms with Crippen molar-refractivity contribution in [1.29, 1.82) is 0 Å². The molecule has 0 aromatic carbocycles. The van der Waals surface area contributed by atoms with Gasteiger partial charge in [-0.25, -0.2) is 0 Å². The third-order valence-corrected chi connectivity index (χ3v) is 33.3. The van der Waals surface area contributed by atoms with E-state index in [2.05, 4.69) is 13.8 Å². The summed E-state index contributed by atoms with van der Waals surface area (Å²) in [7, 11) is 6.64. The van der Waals surface area contributed by atoms with Crippen molar-refractivity contribution in [2.24, 2.45) is 0 Å². The molecular weight excluding hydrogens is 462 g/mol. The van der Waals surface area contributed by atoms with Crippen molar-refractivity contribution in [3.05, 3.63) is 14.2 Å². The quantitative estimate of drug-likeness (QED) is 0.406. The summed E-state index contributed by atoms with van der Waals surface area (Å²) in [6.45, 7) is 4.79. The van der Waals surface area contributed by atoms with Gasteiger partial charge < -0.3 is 0 Å². The van der Waals surface area contributed by atoms with E-state index in [1.165, 1.54) is 1.93 Å². The Bertz CT molecular complexity index is 417. The van der Waals surface area contributed by atoms with Crippen LogP contribution in [0.3, 0.4) is 0 Å². The van der Waals surface area contributed by atoms with Crippen molar-refractivity contribution < 1.29 is 17.2 Å². The Morgan fingerprint density at radius 3 is 2.85 bits per heavy atom. The molecule has 0 nitrogen and oxygen atoms in total. The molecular formula is C7H7I2P4-. The van der Waals surface area contributed by atoms with Crippen molar-refractivity contribution in [3.8, 4) is 0 Å². The van der Waals surface area contributed by atoms with Crippen LogP contribution in [0.15, 0.2) is 5.57 Å². The molecule has 70 valence electrons. The van der Waals surface area contributed by atoms with E-state index in [9.17, 15) is 0 Å². The van der Waals surface area contributed by atoms with Crippen LogP contribution in [0, 0.1) is 3.30 Å². The molecule has 1 aromatic rings. The summed E-state index contributed by atoms with van der Waals surface area (Å²) >= 11 is 0.245. The topological polar surface area (TPSA) is 0 Å². The number of alkyl halides is 2. The van der Waals surface area contributed by atoms with Gasteiger partial charge in [0, 0.05) is 0 Å². The number of allylic oxidation sites excluding steroid dienone is 2. The first-order chi connectivity index (χ1) is 6.29. The molecule has 0 bridgehead atoms. The first-order valence-electron chi connectivity index (χ1n) is 3.85.